The largest absolute Gasteiger partial charge is 0.457 e. The first kappa shape index (κ1) is 19.9. The molecule has 4 rings (SSSR count). The minimum Gasteiger partial charge on any atom is -0.457 e. The second-order valence-corrected chi connectivity index (χ2v) is 7.27. The molecule has 0 heterocycles. The van der Waals surface area contributed by atoms with Crippen molar-refractivity contribution in [3.8, 4) is 17.2 Å². The first-order valence-electron chi connectivity index (χ1n) is 9.72. The van der Waals surface area contributed by atoms with Crippen LogP contribution in [0, 0.1) is 17.9 Å². The van der Waals surface area contributed by atoms with Crippen LogP contribution in [-0.4, -0.2) is 5.97 Å². The molecule has 0 amide bonds. The minimum atomic E-state index is -0.446. The van der Waals surface area contributed by atoms with Crippen molar-refractivity contribution in [2.45, 2.75) is 13.5 Å². The summed E-state index contributed by atoms with van der Waals surface area (Å²) >= 11 is 0. The zero-order valence-corrected chi connectivity index (χ0v) is 17.0. The summed E-state index contributed by atoms with van der Waals surface area (Å²) in [6.45, 7) is 13.4. The number of rotatable bonds is 4. The van der Waals surface area contributed by atoms with E-state index in [4.69, 9.17) is 11.3 Å². The van der Waals surface area contributed by atoms with Crippen LogP contribution in [0.15, 0.2) is 79.0 Å². The second kappa shape index (κ2) is 8.14. The molecule has 148 valence electrons. The highest BCUT2D eigenvalue weighted by molar-refractivity contribution is 6.10. The molecule has 4 heteroatoms. The molecular formula is C27H18N2O2. The number of carbonyl (C=O) groups excluding carboxylic acids is 1. The smallest absolute Gasteiger partial charge is 0.339 e. The lowest BCUT2D eigenvalue weighted by Crippen LogP contribution is -2.07. The summed E-state index contributed by atoms with van der Waals surface area (Å²) in [5.41, 5.74) is 6.89. The topological polar surface area (TPSA) is 54.5 Å². The predicted octanol–water partition coefficient (Wildman–Crippen LogP) is 6.26. The summed E-state index contributed by atoms with van der Waals surface area (Å²) in [5, 5.41) is 9.46. The Balaban J connectivity index is 1.71. The van der Waals surface area contributed by atoms with E-state index in [-0.39, 0.29) is 12.3 Å². The zero-order valence-electron chi connectivity index (χ0n) is 17.0. The number of esters is 1. The third kappa shape index (κ3) is 3.52. The van der Waals surface area contributed by atoms with E-state index in [0.29, 0.717) is 22.3 Å². The van der Waals surface area contributed by atoms with Crippen molar-refractivity contribution < 1.29 is 9.53 Å². The van der Waals surface area contributed by atoms with Gasteiger partial charge in [0, 0.05) is 11.1 Å². The Labute approximate surface area is 181 Å². The van der Waals surface area contributed by atoms with E-state index in [1.165, 1.54) is 0 Å². The highest BCUT2D eigenvalue weighted by Crippen LogP contribution is 2.47. The lowest BCUT2D eigenvalue weighted by molar-refractivity contribution is 0.0473. The van der Waals surface area contributed by atoms with Gasteiger partial charge < -0.3 is 4.74 Å². The van der Waals surface area contributed by atoms with Gasteiger partial charge in [0.2, 0.25) is 0 Å². The molecule has 0 spiro atoms. The van der Waals surface area contributed by atoms with Crippen molar-refractivity contribution >= 4 is 17.1 Å². The molecular weight excluding hydrogens is 384 g/mol. The Hall–Kier alpha value is -4.41. The van der Waals surface area contributed by atoms with Gasteiger partial charge in [-0.15, -0.1) is 0 Å². The number of hydrogen-bond acceptors (Lipinski definition) is 3. The van der Waals surface area contributed by atoms with Crippen molar-refractivity contribution in [3.05, 3.63) is 118 Å². The lowest BCUT2D eigenvalue weighted by atomic mass is 9.99. The quantitative estimate of drug-likeness (QED) is 0.230. The molecule has 0 radical (unpaired) electrons. The molecule has 3 aromatic carbocycles. The van der Waals surface area contributed by atoms with Gasteiger partial charge in [0.15, 0.2) is 0 Å². The van der Waals surface area contributed by atoms with Gasteiger partial charge in [-0.1, -0.05) is 72.8 Å². The van der Waals surface area contributed by atoms with Gasteiger partial charge in [0.25, 0.3) is 5.70 Å². The number of ether oxygens (including phenoxy) is 1. The molecule has 0 bridgehead atoms. The maximum absolute atomic E-state index is 13.0. The first-order chi connectivity index (χ1) is 15.0. The van der Waals surface area contributed by atoms with E-state index in [1.807, 2.05) is 67.6 Å². The predicted molar refractivity (Wildman–Crippen MR) is 120 cm³/mol. The second-order valence-electron chi connectivity index (χ2n) is 7.27. The molecule has 0 unspecified atom stereocenters. The van der Waals surface area contributed by atoms with Gasteiger partial charge in [-0.3, -0.25) is 0 Å². The Kier molecular flexibility index (Phi) is 5.22. The van der Waals surface area contributed by atoms with Gasteiger partial charge in [-0.05, 0) is 40.8 Å². The summed E-state index contributed by atoms with van der Waals surface area (Å²) in [6.07, 6.45) is 0. The van der Waals surface area contributed by atoms with Gasteiger partial charge in [-0.25, -0.2) is 14.9 Å². The van der Waals surface area contributed by atoms with Crippen LogP contribution in [0.2, 0.25) is 0 Å². The van der Waals surface area contributed by atoms with E-state index in [9.17, 15) is 10.1 Å². The molecule has 0 saturated carbocycles. The van der Waals surface area contributed by atoms with Gasteiger partial charge in [0.1, 0.15) is 6.61 Å². The van der Waals surface area contributed by atoms with Crippen molar-refractivity contribution in [3.63, 3.8) is 0 Å². The Bertz CT molecular complexity index is 1320. The van der Waals surface area contributed by atoms with Crippen LogP contribution in [0.1, 0.15) is 39.5 Å². The van der Waals surface area contributed by atoms with Gasteiger partial charge >= 0.3 is 5.97 Å². The first-order valence-corrected chi connectivity index (χ1v) is 9.72. The van der Waals surface area contributed by atoms with Crippen molar-refractivity contribution in [1.82, 2.24) is 0 Å². The van der Waals surface area contributed by atoms with Crippen molar-refractivity contribution in [2.24, 2.45) is 0 Å². The van der Waals surface area contributed by atoms with Crippen LogP contribution >= 0.6 is 0 Å². The third-order valence-corrected chi connectivity index (χ3v) is 5.29. The Morgan fingerprint density at radius 3 is 2.35 bits per heavy atom. The summed E-state index contributed by atoms with van der Waals surface area (Å²) in [4.78, 5) is 16.4. The van der Waals surface area contributed by atoms with E-state index >= 15 is 0 Å². The van der Waals surface area contributed by atoms with Crippen LogP contribution in [0.3, 0.4) is 0 Å². The number of hydrogen-bond donors (Lipinski definition) is 0. The number of fused-ring (bicyclic) bond motifs is 3. The minimum absolute atomic E-state index is 0.00863. The number of benzene rings is 3. The molecule has 1 aliphatic rings. The fourth-order valence-electron chi connectivity index (χ4n) is 3.79. The van der Waals surface area contributed by atoms with E-state index in [2.05, 4.69) is 11.4 Å². The molecule has 3 aromatic rings. The molecule has 1 aliphatic carbocycles. The molecule has 0 N–H and O–H groups in total. The average molecular weight is 402 g/mol. The summed E-state index contributed by atoms with van der Waals surface area (Å²) in [5.74, 6) is -0.446. The molecule has 0 atom stereocenters. The summed E-state index contributed by atoms with van der Waals surface area (Å²) in [6, 6.07) is 22.5. The van der Waals surface area contributed by atoms with Crippen LogP contribution in [0.25, 0.3) is 27.1 Å². The number of allylic oxidation sites excluding steroid dienone is 2. The Morgan fingerprint density at radius 2 is 1.71 bits per heavy atom. The van der Waals surface area contributed by atoms with Crippen molar-refractivity contribution in [1.29, 1.82) is 5.26 Å². The molecule has 4 nitrogen and oxygen atoms in total. The standard InChI is InChI=1S/C27H18N2O2/c1-17(2)19-13-11-18(12-14-19)16-31-27(30)23-10-6-9-22-25(23)20-7-4-5-8-21(20)26(22)24(15-28)29-3/h4-14H,1,16H2,2H3. The fourth-order valence-corrected chi connectivity index (χ4v) is 3.79. The van der Waals surface area contributed by atoms with E-state index < -0.39 is 5.97 Å². The number of nitriles is 1. The molecule has 0 fully saturated rings. The summed E-state index contributed by atoms with van der Waals surface area (Å²) in [7, 11) is 0. The highest BCUT2D eigenvalue weighted by Gasteiger charge is 2.30. The van der Waals surface area contributed by atoms with Crippen molar-refractivity contribution in [2.75, 3.05) is 0 Å². The fraction of sp³-hybridized carbons (Fsp3) is 0.0741. The van der Waals surface area contributed by atoms with Crippen LogP contribution in [0.5, 0.6) is 0 Å². The van der Waals surface area contributed by atoms with E-state index in [1.54, 1.807) is 12.1 Å². The number of carbonyl (C=O) groups is 1. The summed E-state index contributed by atoms with van der Waals surface area (Å²) < 4.78 is 5.60. The normalized spacial score (nSPS) is 12.7. The van der Waals surface area contributed by atoms with E-state index in [0.717, 1.165) is 27.8 Å². The van der Waals surface area contributed by atoms with Crippen LogP contribution < -0.4 is 0 Å². The van der Waals surface area contributed by atoms with Crippen LogP contribution in [0.4, 0.5) is 0 Å². The highest BCUT2D eigenvalue weighted by atomic mass is 16.5. The third-order valence-electron chi connectivity index (χ3n) is 5.29. The maximum Gasteiger partial charge on any atom is 0.339 e. The van der Waals surface area contributed by atoms with Crippen LogP contribution in [-0.2, 0) is 11.3 Å². The maximum atomic E-state index is 13.0. The number of nitrogens with zero attached hydrogens (tertiary/aromatic N) is 2. The molecule has 0 aromatic heterocycles. The SMILES string of the molecule is [C-]#[N+]C(C#N)=C1c2ccccc2-c2c(C(=O)OCc3ccc(C(=C)C)cc3)cccc21. The lowest BCUT2D eigenvalue weighted by Gasteiger charge is -2.10. The molecule has 31 heavy (non-hydrogen) atoms. The zero-order chi connectivity index (χ0) is 22.0. The van der Waals surface area contributed by atoms with Gasteiger partial charge in [-0.2, -0.15) is 0 Å². The monoisotopic (exact) mass is 402 g/mol. The van der Waals surface area contributed by atoms with Gasteiger partial charge in [0.05, 0.1) is 18.2 Å². The molecule has 0 aliphatic heterocycles. The average Bonchev–Trinajstić information content (AvgIpc) is 3.13. The molecule has 0 saturated heterocycles. The Morgan fingerprint density at radius 1 is 1.03 bits per heavy atom.